The normalized spacial score (nSPS) is 17.8. The lowest BCUT2D eigenvalue weighted by atomic mass is 10.4. The van der Waals surface area contributed by atoms with Crippen molar-refractivity contribution in [3.8, 4) is 0 Å². The minimum absolute atomic E-state index is 0.874. The fourth-order valence-electron chi connectivity index (χ4n) is 1.70. The van der Waals surface area contributed by atoms with Crippen LogP contribution in [0.15, 0.2) is 12.4 Å². The highest BCUT2D eigenvalue weighted by molar-refractivity contribution is 5.22. The number of anilines is 1. The van der Waals surface area contributed by atoms with Crippen LogP contribution in [0.2, 0.25) is 0 Å². The van der Waals surface area contributed by atoms with E-state index in [-0.39, 0.29) is 0 Å². The molecule has 0 bridgehead atoms. The van der Waals surface area contributed by atoms with Gasteiger partial charge in [-0.25, -0.2) is 4.98 Å². The second-order valence-electron chi connectivity index (χ2n) is 3.41. The number of H-pyrrole nitrogens is 1. The molecule has 1 fully saturated rings. The van der Waals surface area contributed by atoms with Crippen LogP contribution in [0, 0.1) is 0 Å². The van der Waals surface area contributed by atoms with E-state index in [2.05, 4.69) is 20.2 Å². The van der Waals surface area contributed by atoms with E-state index in [0.717, 1.165) is 19.0 Å². The van der Waals surface area contributed by atoms with E-state index in [4.69, 9.17) is 0 Å². The smallest absolute Gasteiger partial charge is 0.200 e. The molecule has 1 saturated heterocycles. The van der Waals surface area contributed by atoms with Crippen LogP contribution in [-0.4, -0.2) is 41.0 Å². The van der Waals surface area contributed by atoms with E-state index in [9.17, 15) is 0 Å². The van der Waals surface area contributed by atoms with Crippen molar-refractivity contribution >= 4 is 5.95 Å². The molecule has 2 rings (SSSR count). The molecule has 1 aromatic rings. The number of hydrogen-bond donors (Lipinski definition) is 2. The van der Waals surface area contributed by atoms with Gasteiger partial charge in [0, 0.05) is 25.5 Å². The van der Waals surface area contributed by atoms with E-state index in [1.807, 2.05) is 6.20 Å². The Kier molecular flexibility index (Phi) is 2.82. The maximum Gasteiger partial charge on any atom is 0.200 e. The van der Waals surface area contributed by atoms with Crippen LogP contribution in [0.3, 0.4) is 0 Å². The summed E-state index contributed by atoms with van der Waals surface area (Å²) in [4.78, 5) is 9.60. The largest absolute Gasteiger partial charge is 0.355 e. The summed E-state index contributed by atoms with van der Waals surface area (Å²) in [6.45, 7) is 4.63. The molecule has 0 aromatic carbocycles. The predicted octanol–water partition coefficient (Wildman–Crippen LogP) is 0.917. The maximum atomic E-state index is 4.10. The minimum atomic E-state index is 0.874. The van der Waals surface area contributed by atoms with Crippen molar-refractivity contribution in [3.05, 3.63) is 12.4 Å². The van der Waals surface area contributed by atoms with Gasteiger partial charge in [-0.05, 0) is 25.9 Å². The Morgan fingerprint density at radius 1 is 1.46 bits per heavy atom. The Labute approximate surface area is 78.4 Å². The van der Waals surface area contributed by atoms with Gasteiger partial charge in [0.25, 0.3) is 0 Å². The number of hydrogen-bond acceptors (Lipinski definition) is 3. The molecule has 2 N–H and O–H groups in total. The zero-order chi connectivity index (χ0) is 8.93. The fraction of sp³-hybridized carbons (Fsp3) is 0.667. The molecule has 0 radical (unpaired) electrons. The number of nitrogens with zero attached hydrogens (tertiary/aromatic N) is 2. The van der Waals surface area contributed by atoms with Crippen LogP contribution in [0.4, 0.5) is 5.95 Å². The van der Waals surface area contributed by atoms with E-state index >= 15 is 0 Å². The van der Waals surface area contributed by atoms with E-state index in [0.29, 0.717) is 0 Å². The molecule has 0 saturated carbocycles. The lowest BCUT2D eigenvalue weighted by molar-refractivity contribution is 0.352. The molecule has 0 atom stereocenters. The molecular weight excluding hydrogens is 164 g/mol. The highest BCUT2D eigenvalue weighted by atomic mass is 15.2. The van der Waals surface area contributed by atoms with Crippen LogP contribution in [0.5, 0.6) is 0 Å². The standard InChI is InChI=1S/C9H16N4/c1-2-7-13(6-1)8-5-12-9-10-3-4-11-9/h3-4H,1-2,5-8H2,(H2,10,11,12). The topological polar surface area (TPSA) is 44.0 Å². The number of rotatable bonds is 4. The third-order valence-corrected chi connectivity index (χ3v) is 2.42. The zero-order valence-electron chi connectivity index (χ0n) is 7.79. The van der Waals surface area contributed by atoms with Gasteiger partial charge < -0.3 is 15.2 Å². The van der Waals surface area contributed by atoms with E-state index in [1.165, 1.54) is 25.9 Å². The van der Waals surface area contributed by atoms with Crippen molar-refractivity contribution in [2.24, 2.45) is 0 Å². The number of likely N-dealkylation sites (tertiary alicyclic amines) is 1. The van der Waals surface area contributed by atoms with Crippen LogP contribution in [0.25, 0.3) is 0 Å². The molecule has 1 aliphatic heterocycles. The first-order valence-electron chi connectivity index (χ1n) is 4.91. The Balaban J connectivity index is 1.63. The number of aromatic amines is 1. The van der Waals surface area contributed by atoms with Crippen molar-refractivity contribution in [1.29, 1.82) is 0 Å². The van der Waals surface area contributed by atoms with Crippen molar-refractivity contribution in [2.75, 3.05) is 31.5 Å². The molecule has 0 spiro atoms. The summed E-state index contributed by atoms with van der Waals surface area (Å²) >= 11 is 0. The first kappa shape index (κ1) is 8.56. The summed E-state index contributed by atoms with van der Waals surface area (Å²) in [7, 11) is 0. The highest BCUT2D eigenvalue weighted by Gasteiger charge is 2.09. The summed E-state index contributed by atoms with van der Waals surface area (Å²) in [6, 6.07) is 0. The van der Waals surface area contributed by atoms with Gasteiger partial charge >= 0.3 is 0 Å². The lowest BCUT2D eigenvalue weighted by Crippen LogP contribution is -2.26. The number of aromatic nitrogens is 2. The van der Waals surface area contributed by atoms with Gasteiger partial charge in [-0.2, -0.15) is 0 Å². The van der Waals surface area contributed by atoms with Crippen molar-refractivity contribution in [1.82, 2.24) is 14.9 Å². The maximum absolute atomic E-state index is 4.10. The summed E-state index contributed by atoms with van der Waals surface area (Å²) in [5.74, 6) is 0.874. The molecule has 2 heterocycles. The molecule has 72 valence electrons. The summed E-state index contributed by atoms with van der Waals surface area (Å²) in [5.41, 5.74) is 0. The van der Waals surface area contributed by atoms with E-state index in [1.54, 1.807) is 6.20 Å². The second-order valence-corrected chi connectivity index (χ2v) is 3.41. The molecular formula is C9H16N4. The first-order chi connectivity index (χ1) is 6.45. The Bertz CT molecular complexity index is 226. The minimum Gasteiger partial charge on any atom is -0.355 e. The van der Waals surface area contributed by atoms with Crippen molar-refractivity contribution in [3.63, 3.8) is 0 Å². The zero-order valence-corrected chi connectivity index (χ0v) is 7.79. The van der Waals surface area contributed by atoms with Gasteiger partial charge in [-0.3, -0.25) is 0 Å². The van der Waals surface area contributed by atoms with Crippen LogP contribution in [-0.2, 0) is 0 Å². The molecule has 4 heteroatoms. The van der Waals surface area contributed by atoms with Crippen molar-refractivity contribution in [2.45, 2.75) is 12.8 Å². The van der Waals surface area contributed by atoms with Crippen LogP contribution >= 0.6 is 0 Å². The summed E-state index contributed by atoms with van der Waals surface area (Å²) in [6.07, 6.45) is 6.32. The lowest BCUT2D eigenvalue weighted by Gasteiger charge is -2.14. The third-order valence-electron chi connectivity index (χ3n) is 2.42. The highest BCUT2D eigenvalue weighted by Crippen LogP contribution is 2.06. The van der Waals surface area contributed by atoms with E-state index < -0.39 is 0 Å². The number of imidazole rings is 1. The van der Waals surface area contributed by atoms with Crippen LogP contribution < -0.4 is 5.32 Å². The Hall–Kier alpha value is -1.03. The molecule has 0 unspecified atom stereocenters. The summed E-state index contributed by atoms with van der Waals surface area (Å²) < 4.78 is 0. The fourth-order valence-corrected chi connectivity index (χ4v) is 1.70. The SMILES string of the molecule is c1c[nH]c(NCCN2CCCC2)n1. The van der Waals surface area contributed by atoms with Gasteiger partial charge in [0.2, 0.25) is 0 Å². The van der Waals surface area contributed by atoms with Crippen LogP contribution in [0.1, 0.15) is 12.8 Å². The molecule has 4 nitrogen and oxygen atoms in total. The average Bonchev–Trinajstić information content (AvgIpc) is 2.75. The van der Waals surface area contributed by atoms with Gasteiger partial charge in [0.15, 0.2) is 5.95 Å². The second kappa shape index (κ2) is 4.28. The molecule has 1 aliphatic rings. The number of nitrogens with one attached hydrogen (secondary N) is 2. The predicted molar refractivity (Wildman–Crippen MR) is 52.8 cm³/mol. The first-order valence-corrected chi connectivity index (χ1v) is 4.91. The molecule has 0 amide bonds. The quantitative estimate of drug-likeness (QED) is 0.724. The molecule has 1 aromatic heterocycles. The average molecular weight is 180 g/mol. The monoisotopic (exact) mass is 180 g/mol. The Morgan fingerprint density at radius 2 is 2.31 bits per heavy atom. The molecule has 0 aliphatic carbocycles. The van der Waals surface area contributed by atoms with Gasteiger partial charge in [0.05, 0.1) is 0 Å². The molecule has 13 heavy (non-hydrogen) atoms. The van der Waals surface area contributed by atoms with Gasteiger partial charge in [-0.1, -0.05) is 0 Å². The van der Waals surface area contributed by atoms with Crippen molar-refractivity contribution < 1.29 is 0 Å². The van der Waals surface area contributed by atoms with Gasteiger partial charge in [0.1, 0.15) is 0 Å². The summed E-state index contributed by atoms with van der Waals surface area (Å²) in [5, 5.41) is 3.24. The third kappa shape index (κ3) is 2.45. The Morgan fingerprint density at radius 3 is 3.00 bits per heavy atom. The van der Waals surface area contributed by atoms with Gasteiger partial charge in [-0.15, -0.1) is 0 Å².